The monoisotopic (exact) mass is 355 g/mol. The van der Waals surface area contributed by atoms with Crippen LogP contribution in [-0.2, 0) is 11.2 Å². The van der Waals surface area contributed by atoms with Crippen molar-refractivity contribution in [3.8, 4) is 5.75 Å². The van der Waals surface area contributed by atoms with E-state index in [9.17, 15) is 9.90 Å². The van der Waals surface area contributed by atoms with Crippen molar-refractivity contribution in [3.05, 3.63) is 27.7 Å². The van der Waals surface area contributed by atoms with Gasteiger partial charge in [-0.25, -0.2) is 0 Å². The van der Waals surface area contributed by atoms with E-state index in [4.69, 9.17) is 23.2 Å². The molecule has 1 N–H and O–H groups in total. The van der Waals surface area contributed by atoms with Crippen molar-refractivity contribution in [2.45, 2.75) is 51.5 Å². The molecule has 3 unspecified atom stereocenters. The Morgan fingerprint density at radius 2 is 1.91 bits per heavy atom. The number of likely N-dealkylation sites (tertiary alicyclic amines) is 1. The van der Waals surface area contributed by atoms with E-state index in [1.54, 1.807) is 12.1 Å². The Balaban J connectivity index is 1.76. The second kappa shape index (κ2) is 6.90. The zero-order chi connectivity index (χ0) is 16.6. The molecule has 0 aromatic heterocycles. The van der Waals surface area contributed by atoms with Crippen molar-refractivity contribution in [3.63, 3.8) is 0 Å². The van der Waals surface area contributed by atoms with Crippen LogP contribution in [0.3, 0.4) is 0 Å². The lowest BCUT2D eigenvalue weighted by molar-refractivity contribution is -0.131. The third-order valence-electron chi connectivity index (χ3n) is 5.53. The lowest BCUT2D eigenvalue weighted by Crippen LogP contribution is -2.45. The van der Waals surface area contributed by atoms with Crippen LogP contribution >= 0.6 is 23.2 Å². The Hall–Kier alpha value is -0.930. The van der Waals surface area contributed by atoms with E-state index in [1.165, 1.54) is 0 Å². The molecule has 3 nitrogen and oxygen atoms in total. The molecule has 2 aliphatic rings. The fourth-order valence-electron chi connectivity index (χ4n) is 4.22. The maximum absolute atomic E-state index is 12.1. The van der Waals surface area contributed by atoms with Gasteiger partial charge < -0.3 is 10.0 Å². The first-order chi connectivity index (χ1) is 11.0. The number of benzene rings is 1. The summed E-state index contributed by atoms with van der Waals surface area (Å²) in [5.41, 5.74) is 0.913. The zero-order valence-corrected chi connectivity index (χ0v) is 14.9. The Bertz CT molecular complexity index is 582. The van der Waals surface area contributed by atoms with Gasteiger partial charge in [0, 0.05) is 29.1 Å². The molecule has 2 fully saturated rings. The number of phenolic OH excluding ortho intramolecular Hbond substituents is 1. The summed E-state index contributed by atoms with van der Waals surface area (Å²) in [5, 5.41) is 10.6. The van der Waals surface area contributed by atoms with Crippen LogP contribution in [-0.4, -0.2) is 28.5 Å². The largest absolute Gasteiger partial charge is 0.508 e. The zero-order valence-electron chi connectivity index (χ0n) is 13.4. The smallest absolute Gasteiger partial charge is 0.222 e. The SMILES string of the molecule is CC1C(Cc2c(Cl)cc(O)cc2Cl)CCCC1N1CCCC1=O. The predicted octanol–water partition coefficient (Wildman–Crippen LogP) is 4.67. The predicted molar refractivity (Wildman–Crippen MR) is 93.1 cm³/mol. The van der Waals surface area contributed by atoms with Crippen LogP contribution in [0.25, 0.3) is 0 Å². The molecule has 1 aliphatic heterocycles. The molecule has 23 heavy (non-hydrogen) atoms. The summed E-state index contributed by atoms with van der Waals surface area (Å²) in [6.45, 7) is 3.16. The fraction of sp³-hybridized carbons (Fsp3) is 0.611. The van der Waals surface area contributed by atoms with Gasteiger partial charge in [-0.3, -0.25) is 4.79 Å². The molecule has 1 saturated heterocycles. The van der Waals surface area contributed by atoms with Crippen LogP contribution in [0.4, 0.5) is 0 Å². The molecular formula is C18H23Cl2NO2. The minimum atomic E-state index is 0.0981. The van der Waals surface area contributed by atoms with E-state index in [0.717, 1.165) is 44.2 Å². The molecule has 1 heterocycles. The summed E-state index contributed by atoms with van der Waals surface area (Å²) in [6.07, 6.45) is 5.86. The first-order valence-corrected chi connectivity index (χ1v) is 9.19. The third kappa shape index (κ3) is 3.46. The normalized spacial score (nSPS) is 28.4. The average Bonchev–Trinajstić information content (AvgIpc) is 2.90. The molecule has 1 amide bonds. The van der Waals surface area contributed by atoms with Gasteiger partial charge in [-0.05, 0) is 55.2 Å². The Labute approximate surface area is 147 Å². The number of hydrogen-bond donors (Lipinski definition) is 1. The Morgan fingerprint density at radius 3 is 2.52 bits per heavy atom. The van der Waals surface area contributed by atoms with Gasteiger partial charge in [0.2, 0.25) is 5.91 Å². The minimum Gasteiger partial charge on any atom is -0.508 e. The van der Waals surface area contributed by atoms with Crippen LogP contribution in [0.1, 0.15) is 44.6 Å². The second-order valence-electron chi connectivity index (χ2n) is 6.90. The summed E-state index contributed by atoms with van der Waals surface area (Å²) >= 11 is 12.6. The number of hydrogen-bond acceptors (Lipinski definition) is 2. The van der Waals surface area contributed by atoms with Gasteiger partial charge in [0.05, 0.1) is 0 Å². The number of carbonyl (C=O) groups excluding carboxylic acids is 1. The summed E-state index contributed by atoms with van der Waals surface area (Å²) in [6, 6.07) is 3.45. The molecule has 0 bridgehead atoms. The summed E-state index contributed by atoms with van der Waals surface area (Å²) in [7, 11) is 0. The highest BCUT2D eigenvalue weighted by Crippen LogP contribution is 2.40. The van der Waals surface area contributed by atoms with Gasteiger partial charge in [-0.2, -0.15) is 0 Å². The lowest BCUT2D eigenvalue weighted by atomic mass is 9.73. The van der Waals surface area contributed by atoms with Crippen molar-refractivity contribution in [1.82, 2.24) is 4.90 Å². The first kappa shape index (κ1) is 16.9. The highest BCUT2D eigenvalue weighted by molar-refractivity contribution is 6.36. The van der Waals surface area contributed by atoms with Gasteiger partial charge in [0.1, 0.15) is 5.75 Å². The maximum Gasteiger partial charge on any atom is 0.222 e. The number of aromatic hydroxyl groups is 1. The van der Waals surface area contributed by atoms with Crippen molar-refractivity contribution in [2.24, 2.45) is 11.8 Å². The molecule has 1 aromatic rings. The number of amides is 1. The highest BCUT2D eigenvalue weighted by Gasteiger charge is 2.37. The quantitative estimate of drug-likeness (QED) is 0.855. The Morgan fingerprint density at radius 1 is 1.22 bits per heavy atom. The van der Waals surface area contributed by atoms with E-state index in [1.807, 2.05) is 0 Å². The topological polar surface area (TPSA) is 40.5 Å². The third-order valence-corrected chi connectivity index (χ3v) is 6.20. The van der Waals surface area contributed by atoms with Crippen molar-refractivity contribution >= 4 is 29.1 Å². The van der Waals surface area contributed by atoms with Crippen LogP contribution in [0, 0.1) is 11.8 Å². The molecule has 1 aromatic carbocycles. The van der Waals surface area contributed by atoms with Crippen LogP contribution in [0.5, 0.6) is 5.75 Å². The lowest BCUT2D eigenvalue weighted by Gasteiger charge is -2.41. The van der Waals surface area contributed by atoms with Crippen LogP contribution in [0.15, 0.2) is 12.1 Å². The molecular weight excluding hydrogens is 333 g/mol. The number of rotatable bonds is 3. The van der Waals surface area contributed by atoms with Crippen molar-refractivity contribution in [2.75, 3.05) is 6.54 Å². The van der Waals surface area contributed by atoms with E-state index in [-0.39, 0.29) is 5.75 Å². The summed E-state index contributed by atoms with van der Waals surface area (Å²) in [5.74, 6) is 1.30. The maximum atomic E-state index is 12.1. The van der Waals surface area contributed by atoms with Crippen LogP contribution in [0.2, 0.25) is 10.0 Å². The molecule has 0 spiro atoms. The fourth-order valence-corrected chi connectivity index (χ4v) is 4.85. The van der Waals surface area contributed by atoms with Gasteiger partial charge >= 0.3 is 0 Å². The first-order valence-electron chi connectivity index (χ1n) is 8.43. The van der Waals surface area contributed by atoms with E-state index in [0.29, 0.717) is 40.3 Å². The van der Waals surface area contributed by atoms with Gasteiger partial charge in [-0.1, -0.05) is 36.5 Å². The summed E-state index contributed by atoms with van der Waals surface area (Å²) in [4.78, 5) is 14.2. The van der Waals surface area contributed by atoms with Crippen LogP contribution < -0.4 is 0 Å². The van der Waals surface area contributed by atoms with Crippen molar-refractivity contribution in [1.29, 1.82) is 0 Å². The molecule has 126 valence electrons. The van der Waals surface area contributed by atoms with Gasteiger partial charge in [0.25, 0.3) is 0 Å². The van der Waals surface area contributed by atoms with Crippen molar-refractivity contribution < 1.29 is 9.90 Å². The Kier molecular flexibility index (Phi) is 5.07. The molecule has 5 heteroatoms. The van der Waals surface area contributed by atoms with E-state index >= 15 is 0 Å². The van der Waals surface area contributed by atoms with Gasteiger partial charge in [0.15, 0.2) is 0 Å². The van der Waals surface area contributed by atoms with Gasteiger partial charge in [-0.15, -0.1) is 0 Å². The van der Waals surface area contributed by atoms with E-state index < -0.39 is 0 Å². The molecule has 1 aliphatic carbocycles. The average molecular weight is 356 g/mol. The molecule has 3 atom stereocenters. The number of nitrogens with zero attached hydrogens (tertiary/aromatic N) is 1. The minimum absolute atomic E-state index is 0.0981. The highest BCUT2D eigenvalue weighted by atomic mass is 35.5. The number of phenols is 1. The summed E-state index contributed by atoms with van der Waals surface area (Å²) < 4.78 is 0. The molecule has 0 radical (unpaired) electrons. The molecule has 3 rings (SSSR count). The molecule has 1 saturated carbocycles. The second-order valence-corrected chi connectivity index (χ2v) is 7.71. The number of carbonyl (C=O) groups is 1. The van der Waals surface area contributed by atoms with E-state index in [2.05, 4.69) is 11.8 Å². The standard InChI is InChI=1S/C18H23Cl2NO2/c1-11-12(8-14-15(19)9-13(22)10-16(14)20)4-2-5-17(11)21-7-3-6-18(21)23/h9-12,17,22H,2-8H2,1H3. The number of halogens is 2.